The summed E-state index contributed by atoms with van der Waals surface area (Å²) in [5.74, 6) is -1.25. The van der Waals surface area contributed by atoms with Gasteiger partial charge in [-0.25, -0.2) is 21.9 Å². The molecule has 0 fully saturated rings. The van der Waals surface area contributed by atoms with Crippen LogP contribution in [0.1, 0.15) is 52.3 Å². The van der Waals surface area contributed by atoms with Crippen LogP contribution in [-0.2, 0) is 20.5 Å². The number of sulfonamides is 1. The van der Waals surface area contributed by atoms with Crippen molar-refractivity contribution in [3.8, 4) is 16.9 Å². The van der Waals surface area contributed by atoms with E-state index in [4.69, 9.17) is 9.47 Å². The van der Waals surface area contributed by atoms with Crippen LogP contribution in [0.3, 0.4) is 0 Å². The molecular weight excluding hydrogens is 480 g/mol. The van der Waals surface area contributed by atoms with Gasteiger partial charge in [0.2, 0.25) is 10.0 Å². The minimum atomic E-state index is -4.09. The van der Waals surface area contributed by atoms with Crippen LogP contribution in [0.25, 0.3) is 11.1 Å². The Morgan fingerprint density at radius 2 is 1.74 bits per heavy atom. The lowest BCUT2D eigenvalue weighted by molar-refractivity contribution is 0.0981. The first-order valence-electron chi connectivity index (χ1n) is 10.5. The molecule has 35 heavy (non-hydrogen) atoms. The van der Waals surface area contributed by atoms with E-state index >= 15 is 0 Å². The fraction of sp³-hybridized carbons (Fsp3) is 0.292. The van der Waals surface area contributed by atoms with Gasteiger partial charge in [-0.1, -0.05) is 24.3 Å². The molecule has 186 valence electrons. The Bertz CT molecular complexity index is 1320. The first-order chi connectivity index (χ1) is 16.5. The molecule has 1 atom stereocenters. The molecule has 8 nitrogen and oxygen atoms in total. The predicted molar refractivity (Wildman–Crippen MR) is 126 cm³/mol. The number of ether oxygens (including phenoxy) is 2. The molecule has 0 spiro atoms. The van der Waals surface area contributed by atoms with Crippen molar-refractivity contribution in [2.45, 2.75) is 32.1 Å². The van der Waals surface area contributed by atoms with Crippen molar-refractivity contribution in [1.82, 2.24) is 14.7 Å². The van der Waals surface area contributed by atoms with Gasteiger partial charge < -0.3 is 9.47 Å². The normalized spacial score (nSPS) is 12.4. The van der Waals surface area contributed by atoms with Gasteiger partial charge in [-0.3, -0.25) is 14.8 Å². The predicted octanol–water partition coefficient (Wildman–Crippen LogP) is 4.37. The third kappa shape index (κ3) is 6.37. The molecule has 0 aliphatic heterocycles. The number of carbonyl (C=O) groups excluding carboxylic acids is 1. The summed E-state index contributed by atoms with van der Waals surface area (Å²) in [7, 11) is -1.18. The van der Waals surface area contributed by atoms with Crippen LogP contribution in [-0.4, -0.2) is 38.5 Å². The van der Waals surface area contributed by atoms with Gasteiger partial charge in [-0.2, -0.15) is 0 Å². The van der Waals surface area contributed by atoms with Crippen molar-refractivity contribution in [1.29, 1.82) is 0 Å². The molecule has 0 bridgehead atoms. The van der Waals surface area contributed by atoms with Crippen LogP contribution in [0.2, 0.25) is 0 Å². The highest BCUT2D eigenvalue weighted by Gasteiger charge is 2.23. The van der Waals surface area contributed by atoms with E-state index in [-0.39, 0.29) is 28.5 Å². The fourth-order valence-electron chi connectivity index (χ4n) is 3.39. The van der Waals surface area contributed by atoms with E-state index in [1.54, 1.807) is 38.3 Å². The third-order valence-corrected chi connectivity index (χ3v) is 6.52. The molecule has 3 rings (SSSR count). The second kappa shape index (κ2) is 10.9. The molecule has 1 N–H and O–H groups in total. The number of nitrogens with one attached hydrogen (secondary N) is 1. The zero-order valence-corrected chi connectivity index (χ0v) is 20.4. The van der Waals surface area contributed by atoms with Gasteiger partial charge in [0.15, 0.2) is 0 Å². The number of aromatic nitrogens is 2. The van der Waals surface area contributed by atoms with Crippen LogP contribution in [0.15, 0.2) is 48.8 Å². The molecule has 1 amide bonds. The number of hydrogen-bond donors (Lipinski definition) is 1. The van der Waals surface area contributed by atoms with Gasteiger partial charge in [0.25, 0.3) is 12.3 Å². The summed E-state index contributed by atoms with van der Waals surface area (Å²) >= 11 is 0. The molecule has 0 saturated carbocycles. The summed E-state index contributed by atoms with van der Waals surface area (Å²) in [6, 6.07) is 9.37. The fourth-order valence-corrected chi connectivity index (χ4v) is 4.48. The second-order valence-corrected chi connectivity index (χ2v) is 9.51. The van der Waals surface area contributed by atoms with Crippen LogP contribution >= 0.6 is 0 Å². The molecule has 0 aliphatic carbocycles. The van der Waals surface area contributed by atoms with Gasteiger partial charge in [-0.05, 0) is 37.1 Å². The van der Waals surface area contributed by atoms with E-state index in [0.717, 1.165) is 17.8 Å². The first-order valence-corrected chi connectivity index (χ1v) is 12.2. The largest absolute Gasteiger partial charge is 0.494 e. The number of nitrogens with zero attached hydrogens (tertiary/aromatic N) is 2. The van der Waals surface area contributed by atoms with Gasteiger partial charge in [0, 0.05) is 30.1 Å². The van der Waals surface area contributed by atoms with E-state index < -0.39 is 33.8 Å². The molecule has 0 saturated heterocycles. The lowest BCUT2D eigenvalue weighted by Gasteiger charge is -2.15. The highest BCUT2D eigenvalue weighted by atomic mass is 32.2. The summed E-state index contributed by atoms with van der Waals surface area (Å²) in [6.45, 7) is 3.51. The minimum absolute atomic E-state index is 0.117. The summed E-state index contributed by atoms with van der Waals surface area (Å²) < 4.78 is 64.5. The smallest absolute Gasteiger partial charge is 0.280 e. The number of halogens is 2. The Kier molecular flexibility index (Phi) is 8.13. The minimum Gasteiger partial charge on any atom is -0.494 e. The molecule has 1 aromatic carbocycles. The second-order valence-electron chi connectivity index (χ2n) is 7.79. The maximum absolute atomic E-state index is 13.3. The Morgan fingerprint density at radius 3 is 2.34 bits per heavy atom. The summed E-state index contributed by atoms with van der Waals surface area (Å²) in [5.41, 5.74) is 1.55. The number of benzene rings is 1. The average molecular weight is 506 g/mol. The van der Waals surface area contributed by atoms with E-state index in [9.17, 15) is 22.0 Å². The molecule has 0 unspecified atom stereocenters. The van der Waals surface area contributed by atoms with E-state index in [1.807, 2.05) is 11.6 Å². The molecular formula is C24H25F2N3O5S. The van der Waals surface area contributed by atoms with Crippen molar-refractivity contribution in [3.63, 3.8) is 0 Å². The van der Waals surface area contributed by atoms with Crippen molar-refractivity contribution >= 4 is 15.9 Å². The highest BCUT2D eigenvalue weighted by molar-refractivity contribution is 7.89. The number of aryl methyl sites for hydroxylation is 1. The summed E-state index contributed by atoms with van der Waals surface area (Å²) in [4.78, 5) is 20.7. The molecule has 0 aliphatic rings. The Labute approximate surface area is 202 Å². The number of pyridine rings is 2. The zero-order valence-electron chi connectivity index (χ0n) is 19.6. The standard InChI is InChI=1S/C24H25F2N3O5S/c1-14-9-18(19-10-21(23(25)26)28-12-22(19)34-4)20(11-27-14)24(30)29-35(31,32)13-16-5-7-17(8-6-16)15(2)33-3/h5-12,15,23H,13H2,1-4H3,(H,29,30)/t15-/m0/s1. The molecule has 2 aromatic heterocycles. The Hall–Kier alpha value is -3.44. The monoisotopic (exact) mass is 505 g/mol. The van der Waals surface area contributed by atoms with Crippen LogP contribution in [0.5, 0.6) is 5.75 Å². The van der Waals surface area contributed by atoms with Crippen LogP contribution in [0.4, 0.5) is 8.78 Å². The Morgan fingerprint density at radius 1 is 1.06 bits per heavy atom. The van der Waals surface area contributed by atoms with Gasteiger partial charge in [0.05, 0.1) is 30.7 Å². The van der Waals surface area contributed by atoms with Crippen LogP contribution in [0, 0.1) is 6.92 Å². The van der Waals surface area contributed by atoms with Gasteiger partial charge >= 0.3 is 0 Å². The van der Waals surface area contributed by atoms with Gasteiger partial charge in [-0.15, -0.1) is 0 Å². The highest BCUT2D eigenvalue weighted by Crippen LogP contribution is 2.34. The van der Waals surface area contributed by atoms with E-state index in [1.165, 1.54) is 19.4 Å². The average Bonchev–Trinajstić information content (AvgIpc) is 2.82. The molecule has 3 aromatic rings. The number of hydrogen-bond acceptors (Lipinski definition) is 7. The number of rotatable bonds is 9. The molecule has 11 heteroatoms. The van der Waals surface area contributed by atoms with Crippen molar-refractivity contribution < 1.29 is 31.5 Å². The summed E-state index contributed by atoms with van der Waals surface area (Å²) in [6.07, 6.45) is -0.681. The summed E-state index contributed by atoms with van der Waals surface area (Å²) in [5, 5.41) is 0. The lowest BCUT2D eigenvalue weighted by atomic mass is 9.99. The first kappa shape index (κ1) is 26.2. The number of carbonyl (C=O) groups is 1. The number of alkyl halides is 2. The Balaban J connectivity index is 1.91. The topological polar surface area (TPSA) is 107 Å². The molecule has 2 heterocycles. The maximum Gasteiger partial charge on any atom is 0.280 e. The van der Waals surface area contributed by atoms with Crippen LogP contribution < -0.4 is 9.46 Å². The van der Waals surface area contributed by atoms with Crippen molar-refractivity contribution in [2.75, 3.05) is 14.2 Å². The van der Waals surface area contributed by atoms with E-state index in [0.29, 0.717) is 11.3 Å². The molecule has 0 radical (unpaired) electrons. The maximum atomic E-state index is 13.3. The SMILES string of the molecule is COc1cnc(C(F)F)cc1-c1cc(C)ncc1C(=O)NS(=O)(=O)Cc1ccc([C@H](C)OC)cc1. The zero-order chi connectivity index (χ0) is 25.8. The third-order valence-electron chi connectivity index (χ3n) is 5.32. The van der Waals surface area contributed by atoms with Crippen molar-refractivity contribution in [2.24, 2.45) is 0 Å². The van der Waals surface area contributed by atoms with Crippen molar-refractivity contribution in [3.05, 3.63) is 76.9 Å². The number of methoxy groups -OCH3 is 2. The quantitative estimate of drug-likeness (QED) is 0.460. The van der Waals surface area contributed by atoms with Gasteiger partial charge in [0.1, 0.15) is 11.4 Å². The number of amides is 1. The van der Waals surface area contributed by atoms with E-state index in [2.05, 4.69) is 9.97 Å². The lowest BCUT2D eigenvalue weighted by Crippen LogP contribution is -2.32.